The second kappa shape index (κ2) is 9.78. The van der Waals surface area contributed by atoms with E-state index in [1.807, 2.05) is 33.7 Å². The Hall–Kier alpha value is -2.87. The average molecular weight is 481 g/mol. The minimum Gasteiger partial charge on any atom is -0.497 e. The van der Waals surface area contributed by atoms with E-state index in [0.717, 1.165) is 53.2 Å². The van der Waals surface area contributed by atoms with Gasteiger partial charge in [-0.25, -0.2) is 4.98 Å². The molecule has 0 saturated carbocycles. The number of nitrogens with zero attached hydrogens (tertiary/aromatic N) is 4. The van der Waals surface area contributed by atoms with Crippen molar-refractivity contribution in [2.24, 2.45) is 0 Å². The highest BCUT2D eigenvalue weighted by Crippen LogP contribution is 2.34. The monoisotopic (exact) mass is 480 g/mol. The minimum atomic E-state index is 0.110. The Kier molecular flexibility index (Phi) is 6.59. The molecule has 8 heteroatoms. The molecule has 1 aliphatic carbocycles. The smallest absolute Gasteiger partial charge is 0.263 e. The lowest BCUT2D eigenvalue weighted by Crippen LogP contribution is -2.50. The molecule has 0 N–H and O–H groups in total. The van der Waals surface area contributed by atoms with Crippen molar-refractivity contribution >= 4 is 33.4 Å². The summed E-state index contributed by atoms with van der Waals surface area (Å²) in [6.07, 6.45) is 5.67. The van der Waals surface area contributed by atoms with Crippen LogP contribution in [0.1, 0.15) is 42.2 Å². The van der Waals surface area contributed by atoms with E-state index in [0.29, 0.717) is 39.1 Å². The highest BCUT2D eigenvalue weighted by atomic mass is 32.1. The number of piperazine rings is 1. The lowest BCUT2D eigenvalue weighted by Gasteiger charge is -2.36. The number of fused-ring (bicyclic) bond motifs is 3. The van der Waals surface area contributed by atoms with E-state index in [-0.39, 0.29) is 11.5 Å². The first-order valence-electron chi connectivity index (χ1n) is 12.3. The van der Waals surface area contributed by atoms with Crippen LogP contribution >= 0.6 is 11.3 Å². The van der Waals surface area contributed by atoms with E-state index in [2.05, 4.69) is 11.8 Å². The Morgan fingerprint density at radius 1 is 1.09 bits per heavy atom. The van der Waals surface area contributed by atoms with Crippen molar-refractivity contribution in [1.29, 1.82) is 0 Å². The summed E-state index contributed by atoms with van der Waals surface area (Å²) >= 11 is 1.70. The molecule has 3 aromatic rings. The van der Waals surface area contributed by atoms with Crippen LogP contribution in [-0.2, 0) is 30.6 Å². The molecule has 180 valence electrons. The van der Waals surface area contributed by atoms with Gasteiger partial charge in [-0.15, -0.1) is 11.3 Å². The van der Waals surface area contributed by atoms with Crippen LogP contribution in [-0.4, -0.2) is 53.6 Å². The van der Waals surface area contributed by atoms with Crippen LogP contribution in [0, 0.1) is 0 Å². The number of carbonyl (C=O) groups excluding carboxylic acids is 1. The number of anilines is 1. The molecule has 1 aromatic carbocycles. The van der Waals surface area contributed by atoms with Crippen molar-refractivity contribution < 1.29 is 9.53 Å². The van der Waals surface area contributed by atoms with Gasteiger partial charge in [0.05, 0.1) is 18.9 Å². The fourth-order valence-electron chi connectivity index (χ4n) is 5.08. The molecule has 1 fully saturated rings. The number of aromatic nitrogens is 2. The van der Waals surface area contributed by atoms with E-state index in [9.17, 15) is 9.59 Å². The van der Waals surface area contributed by atoms with Crippen LogP contribution in [0.4, 0.5) is 5.95 Å². The van der Waals surface area contributed by atoms with E-state index >= 15 is 0 Å². The van der Waals surface area contributed by atoms with Gasteiger partial charge in [-0.05, 0) is 55.4 Å². The van der Waals surface area contributed by atoms with Gasteiger partial charge in [-0.3, -0.25) is 14.2 Å². The molecule has 1 amide bonds. The summed E-state index contributed by atoms with van der Waals surface area (Å²) < 4.78 is 7.07. The molecule has 3 heterocycles. The standard InChI is InChI=1S/C26H32N4O3S/c1-3-12-30-25(32)23-20-6-4-5-7-21(20)34-24(23)27-26(30)29-15-13-28(14-16-29)22(31)17-18-8-10-19(33-2)11-9-18/h8-11H,3-7,12-17H2,1-2H3. The van der Waals surface area contributed by atoms with Gasteiger partial charge in [-0.2, -0.15) is 0 Å². The molecule has 0 unspecified atom stereocenters. The largest absolute Gasteiger partial charge is 0.497 e. The Labute approximate surface area is 204 Å². The van der Waals surface area contributed by atoms with E-state index in [1.54, 1.807) is 18.4 Å². The molecule has 1 saturated heterocycles. The van der Waals surface area contributed by atoms with Crippen molar-refractivity contribution in [3.8, 4) is 5.75 Å². The Morgan fingerprint density at radius 2 is 1.82 bits per heavy atom. The van der Waals surface area contributed by atoms with Crippen LogP contribution in [0.25, 0.3) is 10.2 Å². The van der Waals surface area contributed by atoms with Gasteiger partial charge in [0.25, 0.3) is 5.56 Å². The van der Waals surface area contributed by atoms with Crippen LogP contribution in [0.2, 0.25) is 0 Å². The van der Waals surface area contributed by atoms with Crippen LogP contribution < -0.4 is 15.2 Å². The predicted molar refractivity (Wildman–Crippen MR) is 136 cm³/mol. The number of thiophene rings is 1. The number of hydrogen-bond donors (Lipinski definition) is 0. The zero-order chi connectivity index (χ0) is 23.7. The third-order valence-electron chi connectivity index (χ3n) is 6.93. The Balaban J connectivity index is 1.34. The van der Waals surface area contributed by atoms with Crippen molar-refractivity contribution in [2.45, 2.75) is 52.0 Å². The molecule has 2 aliphatic rings. The topological polar surface area (TPSA) is 67.7 Å². The molecule has 0 atom stereocenters. The summed E-state index contributed by atoms with van der Waals surface area (Å²) in [5.74, 6) is 1.68. The summed E-state index contributed by atoms with van der Waals surface area (Å²) in [6.45, 7) is 5.39. The molecule has 7 nitrogen and oxygen atoms in total. The minimum absolute atomic E-state index is 0.110. The van der Waals surface area contributed by atoms with Crippen molar-refractivity contribution in [3.63, 3.8) is 0 Å². The normalized spacial score (nSPS) is 16.1. The second-order valence-electron chi connectivity index (χ2n) is 9.15. The van der Waals surface area contributed by atoms with Crippen LogP contribution in [0.15, 0.2) is 29.1 Å². The number of carbonyl (C=O) groups is 1. The van der Waals surface area contributed by atoms with Gasteiger partial charge in [0.2, 0.25) is 11.9 Å². The Morgan fingerprint density at radius 3 is 2.53 bits per heavy atom. The molecule has 0 bridgehead atoms. The number of methoxy groups -OCH3 is 1. The maximum absolute atomic E-state index is 13.6. The zero-order valence-electron chi connectivity index (χ0n) is 20.0. The summed E-state index contributed by atoms with van der Waals surface area (Å²) in [7, 11) is 1.64. The summed E-state index contributed by atoms with van der Waals surface area (Å²) in [6, 6.07) is 7.65. The molecular formula is C26H32N4O3S. The zero-order valence-corrected chi connectivity index (χ0v) is 20.8. The number of benzene rings is 1. The van der Waals surface area contributed by atoms with Crippen LogP contribution in [0.3, 0.4) is 0 Å². The van der Waals surface area contributed by atoms with Crippen molar-refractivity contribution in [2.75, 3.05) is 38.2 Å². The molecule has 0 spiro atoms. The van der Waals surface area contributed by atoms with Gasteiger partial charge in [0.15, 0.2) is 0 Å². The molecular weight excluding hydrogens is 448 g/mol. The summed E-state index contributed by atoms with van der Waals surface area (Å²) in [5, 5.41) is 0.852. The fourth-order valence-corrected chi connectivity index (χ4v) is 6.33. The molecule has 0 radical (unpaired) electrons. The predicted octanol–water partition coefficient (Wildman–Crippen LogP) is 3.65. The fraction of sp³-hybridized carbons (Fsp3) is 0.500. The van der Waals surface area contributed by atoms with Crippen LogP contribution in [0.5, 0.6) is 5.75 Å². The molecule has 34 heavy (non-hydrogen) atoms. The maximum atomic E-state index is 13.6. The second-order valence-corrected chi connectivity index (χ2v) is 10.2. The number of rotatable bonds is 6. The van der Waals surface area contributed by atoms with E-state index < -0.39 is 0 Å². The summed E-state index contributed by atoms with van der Waals surface area (Å²) in [4.78, 5) is 37.8. The third-order valence-corrected chi connectivity index (χ3v) is 8.12. The highest BCUT2D eigenvalue weighted by Gasteiger charge is 2.27. The SMILES string of the molecule is CCCn1c(N2CCN(C(=O)Cc3ccc(OC)cc3)CC2)nc2sc3c(c2c1=O)CCCC3. The van der Waals surface area contributed by atoms with Gasteiger partial charge >= 0.3 is 0 Å². The Bertz CT molecular complexity index is 1240. The lowest BCUT2D eigenvalue weighted by atomic mass is 9.97. The molecule has 1 aliphatic heterocycles. The average Bonchev–Trinajstić information content (AvgIpc) is 3.25. The highest BCUT2D eigenvalue weighted by molar-refractivity contribution is 7.18. The number of ether oxygens (including phenoxy) is 1. The lowest BCUT2D eigenvalue weighted by molar-refractivity contribution is -0.130. The maximum Gasteiger partial charge on any atom is 0.263 e. The van der Waals surface area contributed by atoms with Crippen molar-refractivity contribution in [3.05, 3.63) is 50.6 Å². The third kappa shape index (κ3) is 4.31. The number of aryl methyl sites for hydroxylation is 2. The molecule has 2 aromatic heterocycles. The summed E-state index contributed by atoms with van der Waals surface area (Å²) in [5.41, 5.74) is 2.34. The molecule has 5 rings (SSSR count). The van der Waals surface area contributed by atoms with Crippen molar-refractivity contribution in [1.82, 2.24) is 14.5 Å². The van der Waals surface area contributed by atoms with E-state index in [1.165, 1.54) is 16.9 Å². The first-order valence-corrected chi connectivity index (χ1v) is 13.1. The van der Waals surface area contributed by atoms with Gasteiger partial charge in [0, 0.05) is 37.6 Å². The number of hydrogen-bond acceptors (Lipinski definition) is 6. The number of amides is 1. The quantitative estimate of drug-likeness (QED) is 0.539. The first kappa shape index (κ1) is 22.9. The van der Waals surface area contributed by atoms with Gasteiger partial charge in [-0.1, -0.05) is 19.1 Å². The first-order chi connectivity index (χ1) is 16.6. The van der Waals surface area contributed by atoms with Gasteiger partial charge < -0.3 is 14.5 Å². The van der Waals surface area contributed by atoms with Gasteiger partial charge in [0.1, 0.15) is 10.6 Å². The van der Waals surface area contributed by atoms with E-state index in [4.69, 9.17) is 9.72 Å².